The van der Waals surface area contributed by atoms with E-state index < -0.39 is 0 Å². The molecule has 0 saturated heterocycles. The van der Waals surface area contributed by atoms with Crippen LogP contribution < -0.4 is 0 Å². The van der Waals surface area contributed by atoms with Crippen LogP contribution in [0.4, 0.5) is 0 Å². The molecule has 22 heavy (non-hydrogen) atoms. The first-order valence-electron chi connectivity index (χ1n) is 9.96. The Balaban J connectivity index is 1.36. The number of ether oxygens (including phenoxy) is 1. The highest BCUT2D eigenvalue weighted by molar-refractivity contribution is 5.08. The van der Waals surface area contributed by atoms with E-state index in [4.69, 9.17) is 4.74 Å². The van der Waals surface area contributed by atoms with Crippen LogP contribution in [0.2, 0.25) is 0 Å². The van der Waals surface area contributed by atoms with E-state index in [1.54, 1.807) is 0 Å². The Morgan fingerprint density at radius 1 is 0.591 bits per heavy atom. The van der Waals surface area contributed by atoms with Crippen molar-refractivity contribution in [2.45, 2.75) is 103 Å². The highest BCUT2D eigenvalue weighted by atomic mass is 16.5. The maximum atomic E-state index is 6.38. The molecule has 0 spiro atoms. The van der Waals surface area contributed by atoms with Crippen molar-refractivity contribution in [1.29, 1.82) is 0 Å². The molecule has 3 aliphatic carbocycles. The normalized spacial score (nSPS) is 37.3. The summed E-state index contributed by atoms with van der Waals surface area (Å²) in [6.45, 7) is 2.38. The van der Waals surface area contributed by atoms with Crippen molar-refractivity contribution in [3.8, 4) is 11.8 Å². The summed E-state index contributed by atoms with van der Waals surface area (Å²) in [6.07, 6.45) is 18.4. The molecule has 124 valence electrons. The first kappa shape index (κ1) is 16.4. The van der Waals surface area contributed by atoms with Crippen LogP contribution in [0.25, 0.3) is 0 Å². The van der Waals surface area contributed by atoms with E-state index in [1.165, 1.54) is 83.5 Å². The summed E-state index contributed by atoms with van der Waals surface area (Å²) in [6, 6.07) is 0. The Bertz CT molecular complexity index is 368. The smallest absolute Gasteiger partial charge is 0.0579 e. The van der Waals surface area contributed by atoms with E-state index in [0.717, 1.165) is 5.92 Å². The zero-order valence-electron chi connectivity index (χ0n) is 14.5. The van der Waals surface area contributed by atoms with Gasteiger partial charge in [0.05, 0.1) is 12.2 Å². The second-order valence-corrected chi connectivity index (χ2v) is 8.12. The van der Waals surface area contributed by atoms with E-state index in [9.17, 15) is 0 Å². The van der Waals surface area contributed by atoms with Gasteiger partial charge in [0.15, 0.2) is 0 Å². The molecule has 0 amide bonds. The van der Waals surface area contributed by atoms with Gasteiger partial charge >= 0.3 is 0 Å². The fourth-order valence-corrected chi connectivity index (χ4v) is 4.46. The molecule has 1 heteroatoms. The SMILES string of the molecule is CC1CCC(OC2CCC(C#CC3CCCCC3)CC2)CC1. The molecular formula is C21H34O. The van der Waals surface area contributed by atoms with E-state index in [-0.39, 0.29) is 0 Å². The quantitative estimate of drug-likeness (QED) is 0.592. The minimum atomic E-state index is 0.533. The summed E-state index contributed by atoms with van der Waals surface area (Å²) in [5, 5.41) is 0. The van der Waals surface area contributed by atoms with Crippen LogP contribution in [0.3, 0.4) is 0 Å². The first-order chi connectivity index (χ1) is 10.8. The molecule has 0 aromatic rings. The summed E-state index contributed by atoms with van der Waals surface area (Å²) in [5.74, 6) is 9.51. The maximum Gasteiger partial charge on any atom is 0.0579 e. The third kappa shape index (κ3) is 5.02. The molecule has 3 rings (SSSR count). The Kier molecular flexibility index (Phi) is 6.25. The lowest BCUT2D eigenvalue weighted by Crippen LogP contribution is -2.29. The molecule has 0 radical (unpaired) electrons. The van der Waals surface area contributed by atoms with Gasteiger partial charge in [0.1, 0.15) is 0 Å². The fraction of sp³-hybridized carbons (Fsp3) is 0.905. The van der Waals surface area contributed by atoms with E-state index >= 15 is 0 Å². The lowest BCUT2D eigenvalue weighted by atomic mass is 9.85. The van der Waals surface area contributed by atoms with Crippen molar-refractivity contribution in [3.63, 3.8) is 0 Å². The molecule has 0 aliphatic heterocycles. The molecule has 0 atom stereocenters. The first-order valence-corrected chi connectivity index (χ1v) is 9.96. The van der Waals surface area contributed by atoms with Crippen LogP contribution in [0.1, 0.15) is 90.4 Å². The van der Waals surface area contributed by atoms with Gasteiger partial charge < -0.3 is 4.74 Å². The van der Waals surface area contributed by atoms with Gasteiger partial charge in [-0.3, -0.25) is 0 Å². The third-order valence-electron chi connectivity index (χ3n) is 6.12. The van der Waals surface area contributed by atoms with Crippen LogP contribution in [-0.4, -0.2) is 12.2 Å². The summed E-state index contributed by atoms with van der Waals surface area (Å²) in [5.41, 5.74) is 0. The van der Waals surface area contributed by atoms with E-state index in [1.807, 2.05) is 0 Å². The van der Waals surface area contributed by atoms with Gasteiger partial charge in [0.2, 0.25) is 0 Å². The van der Waals surface area contributed by atoms with Crippen LogP contribution >= 0.6 is 0 Å². The maximum absolute atomic E-state index is 6.38. The van der Waals surface area contributed by atoms with Crippen LogP contribution in [-0.2, 0) is 4.74 Å². The van der Waals surface area contributed by atoms with E-state index in [0.29, 0.717) is 24.0 Å². The zero-order chi connectivity index (χ0) is 15.2. The molecule has 0 bridgehead atoms. The van der Waals surface area contributed by atoms with E-state index in [2.05, 4.69) is 18.8 Å². The minimum Gasteiger partial charge on any atom is -0.375 e. The van der Waals surface area contributed by atoms with Crippen molar-refractivity contribution in [2.24, 2.45) is 17.8 Å². The van der Waals surface area contributed by atoms with Gasteiger partial charge in [0, 0.05) is 11.8 Å². The lowest BCUT2D eigenvalue weighted by Gasteiger charge is -2.33. The van der Waals surface area contributed by atoms with Gasteiger partial charge in [-0.1, -0.05) is 38.0 Å². The lowest BCUT2D eigenvalue weighted by molar-refractivity contribution is -0.0529. The molecule has 0 N–H and O–H groups in total. The predicted molar refractivity (Wildman–Crippen MR) is 92.6 cm³/mol. The highest BCUT2D eigenvalue weighted by Crippen LogP contribution is 2.31. The number of hydrogen-bond acceptors (Lipinski definition) is 1. The van der Waals surface area contributed by atoms with Crippen molar-refractivity contribution < 1.29 is 4.74 Å². The van der Waals surface area contributed by atoms with Gasteiger partial charge in [-0.15, -0.1) is 0 Å². The predicted octanol–water partition coefficient (Wildman–Crippen LogP) is 5.72. The minimum absolute atomic E-state index is 0.533. The number of rotatable bonds is 2. The van der Waals surface area contributed by atoms with Crippen LogP contribution in [0.5, 0.6) is 0 Å². The van der Waals surface area contributed by atoms with Gasteiger partial charge in [-0.2, -0.15) is 0 Å². The molecule has 1 nitrogen and oxygen atoms in total. The average molecular weight is 303 g/mol. The van der Waals surface area contributed by atoms with Crippen LogP contribution in [0, 0.1) is 29.6 Å². The number of hydrogen-bond donors (Lipinski definition) is 0. The Labute approximate surface area is 137 Å². The van der Waals surface area contributed by atoms with Gasteiger partial charge in [-0.25, -0.2) is 0 Å². The topological polar surface area (TPSA) is 9.23 Å². The molecule has 0 aromatic carbocycles. The fourth-order valence-electron chi connectivity index (χ4n) is 4.46. The standard InChI is InChI=1S/C21H34O/c1-17-7-13-20(14-8-17)22-21-15-11-19(12-16-21)10-9-18-5-3-2-4-6-18/h17-21H,2-8,11-16H2,1H3. The third-order valence-corrected chi connectivity index (χ3v) is 6.12. The van der Waals surface area contributed by atoms with Crippen molar-refractivity contribution in [3.05, 3.63) is 0 Å². The highest BCUT2D eigenvalue weighted by Gasteiger charge is 2.25. The molecule has 0 heterocycles. The van der Waals surface area contributed by atoms with Crippen molar-refractivity contribution in [1.82, 2.24) is 0 Å². The van der Waals surface area contributed by atoms with Gasteiger partial charge in [-0.05, 0) is 70.1 Å². The van der Waals surface area contributed by atoms with Crippen molar-refractivity contribution in [2.75, 3.05) is 0 Å². The van der Waals surface area contributed by atoms with Gasteiger partial charge in [0.25, 0.3) is 0 Å². The molecular weight excluding hydrogens is 268 g/mol. The average Bonchev–Trinajstić information content (AvgIpc) is 2.57. The van der Waals surface area contributed by atoms with Crippen molar-refractivity contribution >= 4 is 0 Å². The summed E-state index contributed by atoms with van der Waals surface area (Å²) < 4.78 is 6.38. The largest absolute Gasteiger partial charge is 0.375 e. The summed E-state index contributed by atoms with van der Waals surface area (Å²) in [4.78, 5) is 0. The molecule has 3 saturated carbocycles. The summed E-state index contributed by atoms with van der Waals surface area (Å²) in [7, 11) is 0. The monoisotopic (exact) mass is 302 g/mol. The summed E-state index contributed by atoms with van der Waals surface area (Å²) >= 11 is 0. The Morgan fingerprint density at radius 3 is 1.68 bits per heavy atom. The molecule has 3 aliphatic rings. The molecule has 0 aromatic heterocycles. The molecule has 3 fully saturated rings. The second-order valence-electron chi connectivity index (χ2n) is 8.12. The van der Waals surface area contributed by atoms with Crippen LogP contribution in [0.15, 0.2) is 0 Å². The molecule has 0 unspecified atom stereocenters. The Hall–Kier alpha value is -0.480. The zero-order valence-corrected chi connectivity index (χ0v) is 14.5. The Morgan fingerprint density at radius 2 is 1.09 bits per heavy atom. The second kappa shape index (κ2) is 8.39.